The Hall–Kier alpha value is -3.30. The smallest absolute Gasteiger partial charge is 0.212 e. The summed E-state index contributed by atoms with van der Waals surface area (Å²) >= 11 is 5.92. The van der Waals surface area contributed by atoms with Gasteiger partial charge in [0.05, 0.1) is 11.1 Å². The van der Waals surface area contributed by atoms with Crippen molar-refractivity contribution in [2.24, 2.45) is 0 Å². The molecule has 0 bridgehead atoms. The summed E-state index contributed by atoms with van der Waals surface area (Å²) in [6.45, 7) is 0. The van der Waals surface area contributed by atoms with Crippen molar-refractivity contribution in [1.29, 1.82) is 0 Å². The van der Waals surface area contributed by atoms with Gasteiger partial charge in [0.1, 0.15) is 5.69 Å². The van der Waals surface area contributed by atoms with E-state index in [0.717, 1.165) is 5.39 Å². The minimum absolute atomic E-state index is 0.143. The minimum atomic E-state index is -0.309. The molecule has 0 aliphatic rings. The van der Waals surface area contributed by atoms with E-state index >= 15 is 0 Å². The fourth-order valence-electron chi connectivity index (χ4n) is 2.95. The topological polar surface area (TPSA) is 47.0 Å². The van der Waals surface area contributed by atoms with Crippen molar-refractivity contribution < 1.29 is 9.59 Å². The summed E-state index contributed by atoms with van der Waals surface area (Å²) in [5.74, 6) is -0.539. The highest BCUT2D eigenvalue weighted by Crippen LogP contribution is 2.23. The third-order valence-corrected chi connectivity index (χ3v) is 4.58. The highest BCUT2D eigenvalue weighted by Gasteiger charge is 2.22. The van der Waals surface area contributed by atoms with Gasteiger partial charge in [-0.25, -0.2) is 4.98 Å². The fraction of sp³-hybridized carbons (Fsp3) is 0. The second kappa shape index (κ2) is 7.14. The predicted molar refractivity (Wildman–Crippen MR) is 107 cm³/mol. The second-order valence-corrected chi connectivity index (χ2v) is 6.54. The number of aromatic nitrogens is 1. The normalized spacial score (nSPS) is 10.7. The van der Waals surface area contributed by atoms with Crippen molar-refractivity contribution >= 4 is 34.1 Å². The van der Waals surface area contributed by atoms with Crippen molar-refractivity contribution in [2.75, 3.05) is 0 Å². The summed E-state index contributed by atoms with van der Waals surface area (Å²) < 4.78 is 0. The Bertz CT molecular complexity index is 1150. The number of fused-ring (bicyclic) bond motifs is 1. The van der Waals surface area contributed by atoms with Crippen LogP contribution in [0.2, 0.25) is 5.02 Å². The molecule has 0 atom stereocenters. The molecule has 3 nitrogen and oxygen atoms in total. The van der Waals surface area contributed by atoms with Crippen LogP contribution in [-0.4, -0.2) is 16.6 Å². The third-order valence-electron chi connectivity index (χ3n) is 4.33. The van der Waals surface area contributed by atoms with Crippen molar-refractivity contribution in [1.82, 2.24) is 4.98 Å². The molecule has 1 aromatic heterocycles. The lowest BCUT2D eigenvalue weighted by Gasteiger charge is -2.10. The molecule has 4 rings (SSSR count). The lowest BCUT2D eigenvalue weighted by Crippen LogP contribution is -2.13. The SMILES string of the molecule is O=C(c1ccccc1)c1cc2ccccc2nc1C(=O)c1ccc(Cl)cc1. The largest absolute Gasteiger partial charge is 0.289 e. The number of benzene rings is 3. The van der Waals surface area contributed by atoms with Crippen LogP contribution in [0, 0.1) is 0 Å². The first-order valence-electron chi connectivity index (χ1n) is 8.43. The van der Waals surface area contributed by atoms with Gasteiger partial charge in [-0.3, -0.25) is 9.59 Å². The Labute approximate surface area is 161 Å². The van der Waals surface area contributed by atoms with Crippen molar-refractivity contribution in [3.63, 3.8) is 0 Å². The Morgan fingerprint density at radius 1 is 0.704 bits per heavy atom. The van der Waals surface area contributed by atoms with Crippen LogP contribution in [0.15, 0.2) is 84.9 Å². The zero-order valence-electron chi connectivity index (χ0n) is 14.2. The number of ketones is 2. The number of hydrogen-bond donors (Lipinski definition) is 0. The zero-order valence-corrected chi connectivity index (χ0v) is 15.0. The van der Waals surface area contributed by atoms with Crippen LogP contribution in [0.4, 0.5) is 0 Å². The van der Waals surface area contributed by atoms with Crippen LogP contribution >= 0.6 is 11.6 Å². The summed E-state index contributed by atoms with van der Waals surface area (Å²) in [4.78, 5) is 30.7. The van der Waals surface area contributed by atoms with E-state index in [1.165, 1.54) is 0 Å². The lowest BCUT2D eigenvalue weighted by atomic mass is 9.96. The molecule has 130 valence electrons. The van der Waals surface area contributed by atoms with E-state index in [1.807, 2.05) is 30.3 Å². The quantitative estimate of drug-likeness (QED) is 0.454. The van der Waals surface area contributed by atoms with Crippen LogP contribution in [0.5, 0.6) is 0 Å². The molecule has 1 heterocycles. The highest BCUT2D eigenvalue weighted by atomic mass is 35.5. The van der Waals surface area contributed by atoms with Crippen LogP contribution in [-0.2, 0) is 0 Å². The molecule has 27 heavy (non-hydrogen) atoms. The molecule has 0 N–H and O–H groups in total. The molecule has 0 saturated carbocycles. The van der Waals surface area contributed by atoms with Crippen LogP contribution in [0.3, 0.4) is 0 Å². The van der Waals surface area contributed by atoms with E-state index in [-0.39, 0.29) is 17.3 Å². The summed E-state index contributed by atoms with van der Waals surface area (Å²) in [5, 5.41) is 1.35. The summed E-state index contributed by atoms with van der Waals surface area (Å²) in [7, 11) is 0. The number of halogens is 1. The van der Waals surface area contributed by atoms with Gasteiger partial charge >= 0.3 is 0 Å². The number of nitrogens with zero attached hydrogens (tertiary/aromatic N) is 1. The molecule has 4 heteroatoms. The van der Waals surface area contributed by atoms with E-state index in [0.29, 0.717) is 27.2 Å². The number of pyridine rings is 1. The molecule has 0 unspecified atom stereocenters. The molecule has 0 saturated heterocycles. The maximum atomic E-state index is 13.1. The van der Waals surface area contributed by atoms with E-state index in [4.69, 9.17) is 11.6 Å². The van der Waals surface area contributed by atoms with Crippen molar-refractivity contribution in [2.45, 2.75) is 0 Å². The van der Waals surface area contributed by atoms with Crippen LogP contribution in [0.1, 0.15) is 32.0 Å². The third kappa shape index (κ3) is 3.37. The van der Waals surface area contributed by atoms with E-state index in [9.17, 15) is 9.59 Å². The van der Waals surface area contributed by atoms with Gasteiger partial charge in [-0.2, -0.15) is 0 Å². The average Bonchev–Trinajstić information content (AvgIpc) is 2.73. The average molecular weight is 372 g/mol. The monoisotopic (exact) mass is 371 g/mol. The van der Waals surface area contributed by atoms with E-state index in [2.05, 4.69) is 4.98 Å². The number of carbonyl (C=O) groups excluding carboxylic acids is 2. The minimum Gasteiger partial charge on any atom is -0.289 e. The lowest BCUT2D eigenvalue weighted by molar-refractivity contribution is 0.1000. The first-order chi connectivity index (χ1) is 13.1. The van der Waals surface area contributed by atoms with Gasteiger partial charge in [0.25, 0.3) is 0 Å². The Morgan fingerprint density at radius 2 is 1.33 bits per heavy atom. The van der Waals surface area contributed by atoms with Crippen molar-refractivity contribution in [3.05, 3.63) is 112 Å². The van der Waals surface area contributed by atoms with Gasteiger partial charge in [-0.05, 0) is 36.4 Å². The van der Waals surface area contributed by atoms with E-state index < -0.39 is 0 Å². The second-order valence-electron chi connectivity index (χ2n) is 6.11. The van der Waals surface area contributed by atoms with Gasteiger partial charge in [-0.1, -0.05) is 60.1 Å². The maximum absolute atomic E-state index is 13.1. The van der Waals surface area contributed by atoms with Crippen LogP contribution < -0.4 is 0 Å². The molecular weight excluding hydrogens is 358 g/mol. The van der Waals surface area contributed by atoms with E-state index in [1.54, 1.807) is 54.6 Å². The standard InChI is InChI=1S/C23H14ClNO2/c24-18-12-10-16(11-13-18)23(27)21-19(22(26)15-6-2-1-3-7-15)14-17-8-4-5-9-20(17)25-21/h1-14H. The highest BCUT2D eigenvalue weighted by molar-refractivity contribution is 6.30. The zero-order chi connectivity index (χ0) is 18.8. The molecule has 0 aliphatic carbocycles. The number of carbonyl (C=O) groups is 2. The van der Waals surface area contributed by atoms with Gasteiger partial charge in [0, 0.05) is 21.5 Å². The maximum Gasteiger partial charge on any atom is 0.212 e. The van der Waals surface area contributed by atoms with Gasteiger partial charge < -0.3 is 0 Å². The molecule has 0 spiro atoms. The molecule has 0 amide bonds. The summed E-state index contributed by atoms with van der Waals surface area (Å²) in [6.07, 6.45) is 0. The number of para-hydroxylation sites is 1. The predicted octanol–water partition coefficient (Wildman–Crippen LogP) is 5.35. The molecule has 0 radical (unpaired) electrons. The first-order valence-corrected chi connectivity index (χ1v) is 8.81. The molecule has 0 aliphatic heterocycles. The summed E-state index contributed by atoms with van der Waals surface area (Å²) in [5.41, 5.74) is 2.05. The number of hydrogen-bond acceptors (Lipinski definition) is 3. The molecule has 3 aromatic carbocycles. The Kier molecular flexibility index (Phi) is 4.53. The molecule has 0 fully saturated rings. The molecule has 4 aromatic rings. The number of rotatable bonds is 4. The molecular formula is C23H14ClNO2. The van der Waals surface area contributed by atoms with Crippen molar-refractivity contribution in [3.8, 4) is 0 Å². The van der Waals surface area contributed by atoms with Gasteiger partial charge in [-0.15, -0.1) is 0 Å². The van der Waals surface area contributed by atoms with Gasteiger partial charge in [0.15, 0.2) is 5.78 Å². The first kappa shape index (κ1) is 17.1. The Morgan fingerprint density at radius 3 is 2.07 bits per heavy atom. The Balaban J connectivity index is 1.91. The van der Waals surface area contributed by atoms with Crippen LogP contribution in [0.25, 0.3) is 10.9 Å². The summed E-state index contributed by atoms with van der Waals surface area (Å²) in [6, 6.07) is 24.6. The fourth-order valence-corrected chi connectivity index (χ4v) is 3.07. The van der Waals surface area contributed by atoms with Gasteiger partial charge in [0.2, 0.25) is 5.78 Å².